The summed E-state index contributed by atoms with van der Waals surface area (Å²) < 4.78 is 5.96. The molecule has 0 atom stereocenters. The van der Waals surface area contributed by atoms with Crippen LogP contribution < -0.4 is 10.5 Å². The number of hydrogen-bond acceptors (Lipinski definition) is 3. The minimum absolute atomic E-state index is 0.405. The molecule has 0 bridgehead atoms. The lowest BCUT2D eigenvalue weighted by Crippen LogP contribution is -2.19. The standard InChI is InChI=1S/C13H20N2O/c14-8-6-11-10-13(7-9-15-11)16-12-4-2-1-3-5-12/h7,9-10,12H,1-6,8,14H2. The highest BCUT2D eigenvalue weighted by Crippen LogP contribution is 2.23. The molecule has 1 aromatic heterocycles. The van der Waals surface area contributed by atoms with Gasteiger partial charge in [0.05, 0.1) is 6.10 Å². The number of pyridine rings is 1. The van der Waals surface area contributed by atoms with Crippen molar-refractivity contribution in [1.82, 2.24) is 4.98 Å². The van der Waals surface area contributed by atoms with E-state index in [4.69, 9.17) is 10.5 Å². The first-order chi connectivity index (χ1) is 7.88. The van der Waals surface area contributed by atoms with Crippen molar-refractivity contribution in [2.75, 3.05) is 6.54 Å². The summed E-state index contributed by atoms with van der Waals surface area (Å²) >= 11 is 0. The van der Waals surface area contributed by atoms with Crippen LogP contribution in [0.3, 0.4) is 0 Å². The minimum atomic E-state index is 0.405. The molecule has 0 unspecified atom stereocenters. The molecule has 0 saturated heterocycles. The van der Waals surface area contributed by atoms with E-state index in [9.17, 15) is 0 Å². The van der Waals surface area contributed by atoms with Crippen LogP contribution >= 0.6 is 0 Å². The Morgan fingerprint density at radius 1 is 1.31 bits per heavy atom. The lowest BCUT2D eigenvalue weighted by molar-refractivity contribution is 0.154. The van der Waals surface area contributed by atoms with Crippen molar-refractivity contribution in [3.8, 4) is 5.75 Å². The lowest BCUT2D eigenvalue weighted by atomic mass is 9.98. The van der Waals surface area contributed by atoms with Gasteiger partial charge in [-0.3, -0.25) is 4.98 Å². The molecular weight excluding hydrogens is 200 g/mol. The molecule has 0 amide bonds. The number of nitrogens with zero attached hydrogens (tertiary/aromatic N) is 1. The Balaban J connectivity index is 1.94. The number of hydrogen-bond donors (Lipinski definition) is 1. The molecule has 1 aliphatic rings. The third kappa shape index (κ3) is 3.20. The molecule has 0 aromatic carbocycles. The van der Waals surface area contributed by atoms with Crippen molar-refractivity contribution >= 4 is 0 Å². The molecule has 1 aromatic rings. The molecule has 2 rings (SSSR count). The van der Waals surface area contributed by atoms with Gasteiger partial charge < -0.3 is 10.5 Å². The van der Waals surface area contributed by atoms with Crippen LogP contribution in [0, 0.1) is 0 Å². The van der Waals surface area contributed by atoms with Gasteiger partial charge in [-0.15, -0.1) is 0 Å². The average molecular weight is 220 g/mol. The van der Waals surface area contributed by atoms with Gasteiger partial charge in [-0.25, -0.2) is 0 Å². The van der Waals surface area contributed by atoms with E-state index in [0.29, 0.717) is 12.6 Å². The maximum atomic E-state index is 5.96. The van der Waals surface area contributed by atoms with Crippen LogP contribution in [0.5, 0.6) is 5.75 Å². The molecule has 1 fully saturated rings. The van der Waals surface area contributed by atoms with Crippen molar-refractivity contribution in [1.29, 1.82) is 0 Å². The van der Waals surface area contributed by atoms with Crippen molar-refractivity contribution in [3.05, 3.63) is 24.0 Å². The van der Waals surface area contributed by atoms with Crippen LogP contribution in [-0.4, -0.2) is 17.6 Å². The van der Waals surface area contributed by atoms with E-state index >= 15 is 0 Å². The highest BCUT2D eigenvalue weighted by Gasteiger charge is 2.14. The highest BCUT2D eigenvalue weighted by atomic mass is 16.5. The number of aromatic nitrogens is 1. The fourth-order valence-electron chi connectivity index (χ4n) is 2.19. The van der Waals surface area contributed by atoms with E-state index < -0.39 is 0 Å². The summed E-state index contributed by atoms with van der Waals surface area (Å²) in [6.45, 7) is 0.639. The quantitative estimate of drug-likeness (QED) is 0.847. The highest BCUT2D eigenvalue weighted by molar-refractivity contribution is 5.23. The molecular formula is C13H20N2O. The zero-order chi connectivity index (χ0) is 11.2. The van der Waals surface area contributed by atoms with Crippen LogP contribution in [0.2, 0.25) is 0 Å². The van der Waals surface area contributed by atoms with Crippen molar-refractivity contribution in [3.63, 3.8) is 0 Å². The van der Waals surface area contributed by atoms with Crippen molar-refractivity contribution in [2.45, 2.75) is 44.6 Å². The zero-order valence-electron chi connectivity index (χ0n) is 9.69. The van der Waals surface area contributed by atoms with Crippen LogP contribution in [0.4, 0.5) is 0 Å². The van der Waals surface area contributed by atoms with Gasteiger partial charge in [0.2, 0.25) is 0 Å². The van der Waals surface area contributed by atoms with E-state index in [1.165, 1.54) is 32.1 Å². The first-order valence-electron chi connectivity index (χ1n) is 6.20. The maximum absolute atomic E-state index is 5.96. The Labute approximate surface area is 97.0 Å². The van der Waals surface area contributed by atoms with Crippen LogP contribution in [0.1, 0.15) is 37.8 Å². The van der Waals surface area contributed by atoms with Crippen LogP contribution in [-0.2, 0) is 6.42 Å². The monoisotopic (exact) mass is 220 g/mol. The van der Waals surface area contributed by atoms with E-state index in [1.807, 2.05) is 18.3 Å². The molecule has 1 aliphatic carbocycles. The maximum Gasteiger partial charge on any atom is 0.123 e. The smallest absolute Gasteiger partial charge is 0.123 e. The zero-order valence-corrected chi connectivity index (χ0v) is 9.69. The van der Waals surface area contributed by atoms with Crippen molar-refractivity contribution < 1.29 is 4.74 Å². The summed E-state index contributed by atoms with van der Waals surface area (Å²) in [5, 5.41) is 0. The molecule has 3 nitrogen and oxygen atoms in total. The van der Waals surface area contributed by atoms with Gasteiger partial charge in [-0.05, 0) is 38.3 Å². The first-order valence-corrected chi connectivity index (χ1v) is 6.20. The number of rotatable bonds is 4. The van der Waals surface area contributed by atoms with Gasteiger partial charge in [-0.2, -0.15) is 0 Å². The summed E-state index contributed by atoms with van der Waals surface area (Å²) in [7, 11) is 0. The van der Waals surface area contributed by atoms with Gasteiger partial charge >= 0.3 is 0 Å². The molecule has 3 heteroatoms. The van der Waals surface area contributed by atoms with Gasteiger partial charge in [0.1, 0.15) is 5.75 Å². The first kappa shape index (κ1) is 11.4. The fraction of sp³-hybridized carbons (Fsp3) is 0.615. The van der Waals surface area contributed by atoms with E-state index in [-0.39, 0.29) is 0 Å². The lowest BCUT2D eigenvalue weighted by Gasteiger charge is -2.23. The summed E-state index contributed by atoms with van der Waals surface area (Å²) in [4.78, 5) is 4.26. The van der Waals surface area contributed by atoms with Gasteiger partial charge in [0, 0.05) is 24.4 Å². The normalized spacial score (nSPS) is 17.3. The molecule has 88 valence electrons. The fourth-order valence-corrected chi connectivity index (χ4v) is 2.19. The SMILES string of the molecule is NCCc1cc(OC2CCCCC2)ccn1. The Morgan fingerprint density at radius 3 is 2.88 bits per heavy atom. The van der Waals surface area contributed by atoms with E-state index in [2.05, 4.69) is 4.98 Å². The van der Waals surface area contributed by atoms with Gasteiger partial charge in [-0.1, -0.05) is 6.42 Å². The second kappa shape index (κ2) is 5.85. The Morgan fingerprint density at radius 2 is 2.12 bits per heavy atom. The van der Waals surface area contributed by atoms with E-state index in [1.54, 1.807) is 0 Å². The van der Waals surface area contributed by atoms with Gasteiger partial charge in [0.25, 0.3) is 0 Å². The van der Waals surface area contributed by atoms with Crippen LogP contribution in [0.25, 0.3) is 0 Å². The molecule has 0 aliphatic heterocycles. The molecule has 1 saturated carbocycles. The summed E-state index contributed by atoms with van der Waals surface area (Å²) in [5.41, 5.74) is 6.54. The molecule has 1 heterocycles. The molecule has 0 spiro atoms. The molecule has 16 heavy (non-hydrogen) atoms. The largest absolute Gasteiger partial charge is 0.490 e. The predicted molar refractivity (Wildman–Crippen MR) is 64.5 cm³/mol. The minimum Gasteiger partial charge on any atom is -0.490 e. The van der Waals surface area contributed by atoms with E-state index in [0.717, 1.165) is 17.9 Å². The average Bonchev–Trinajstić information content (AvgIpc) is 2.31. The molecule has 0 radical (unpaired) electrons. The Bertz CT molecular complexity index is 321. The van der Waals surface area contributed by atoms with Crippen LogP contribution in [0.15, 0.2) is 18.3 Å². The second-order valence-electron chi connectivity index (χ2n) is 4.40. The molecule has 2 N–H and O–H groups in total. The Hall–Kier alpha value is -1.09. The van der Waals surface area contributed by atoms with Crippen molar-refractivity contribution in [2.24, 2.45) is 5.73 Å². The summed E-state index contributed by atoms with van der Waals surface area (Å²) in [6.07, 6.45) is 9.36. The third-order valence-electron chi connectivity index (χ3n) is 3.04. The third-order valence-corrected chi connectivity index (χ3v) is 3.04. The number of ether oxygens (including phenoxy) is 1. The predicted octanol–water partition coefficient (Wildman–Crippen LogP) is 2.29. The summed E-state index contributed by atoms with van der Waals surface area (Å²) in [6, 6.07) is 3.95. The topological polar surface area (TPSA) is 48.1 Å². The Kier molecular flexibility index (Phi) is 4.17. The second-order valence-corrected chi connectivity index (χ2v) is 4.40. The van der Waals surface area contributed by atoms with Gasteiger partial charge in [0.15, 0.2) is 0 Å². The summed E-state index contributed by atoms with van der Waals surface area (Å²) in [5.74, 6) is 0.949. The number of nitrogens with two attached hydrogens (primary N) is 1.